The molecule has 9 rings (SSSR count). The van der Waals surface area contributed by atoms with E-state index in [2.05, 4.69) is 142 Å². The number of pyridine rings is 2. The number of rotatable bonds is 8. The van der Waals surface area contributed by atoms with E-state index in [-0.39, 0.29) is 37.8 Å². The Kier molecular flexibility index (Phi) is 10.2. The fraction of sp³-hybridized carbons (Fsp3) is 0.226. The molecule has 4 heterocycles. The van der Waals surface area contributed by atoms with Crippen LogP contribution in [0.2, 0.25) is 0 Å². The number of ether oxygens (including phenoxy) is 1. The van der Waals surface area contributed by atoms with Gasteiger partial charge in [-0.05, 0) is 98.5 Å². The Morgan fingerprint density at radius 1 is 0.717 bits per heavy atom. The molecule has 0 N–H and O–H groups in total. The first-order valence-electron chi connectivity index (χ1n) is 21.3. The van der Waals surface area contributed by atoms with Crippen LogP contribution in [0.1, 0.15) is 74.8 Å². The van der Waals surface area contributed by atoms with Gasteiger partial charge in [-0.1, -0.05) is 140 Å². The van der Waals surface area contributed by atoms with Crippen LogP contribution in [0.15, 0.2) is 134 Å². The Morgan fingerprint density at radius 3 is 2.18 bits per heavy atom. The van der Waals surface area contributed by atoms with Crippen LogP contribution >= 0.6 is 0 Å². The van der Waals surface area contributed by atoms with Crippen molar-refractivity contribution < 1.29 is 33.1 Å². The van der Waals surface area contributed by atoms with E-state index in [0.29, 0.717) is 28.6 Å². The summed E-state index contributed by atoms with van der Waals surface area (Å²) in [6, 6.07) is 46.5. The van der Waals surface area contributed by atoms with Crippen molar-refractivity contribution in [1.82, 2.24) is 19.1 Å². The maximum absolute atomic E-state index is 8.87. The Morgan fingerprint density at radius 2 is 1.45 bits per heavy atom. The number of hydrogen-bond donors (Lipinski definition) is 0. The zero-order valence-corrected chi connectivity index (χ0v) is 37.5. The van der Waals surface area contributed by atoms with Gasteiger partial charge in [-0.2, -0.15) is 6.07 Å². The van der Waals surface area contributed by atoms with E-state index in [0.717, 1.165) is 49.7 Å². The molecule has 0 fully saturated rings. The molecule has 0 amide bonds. The van der Waals surface area contributed by atoms with Gasteiger partial charge in [0.05, 0.1) is 16.7 Å². The van der Waals surface area contributed by atoms with Gasteiger partial charge in [0.15, 0.2) is 0 Å². The van der Waals surface area contributed by atoms with Crippen molar-refractivity contribution in [3.63, 3.8) is 0 Å². The van der Waals surface area contributed by atoms with E-state index in [1.807, 2.05) is 59.4 Å². The number of imidazole rings is 1. The summed E-state index contributed by atoms with van der Waals surface area (Å²) in [6.45, 7) is 17.3. The van der Waals surface area contributed by atoms with Crippen molar-refractivity contribution in [3.8, 4) is 39.8 Å². The summed E-state index contributed by atoms with van der Waals surface area (Å²) in [6.07, 6.45) is 7.21. The molecule has 0 unspecified atom stereocenters. The summed E-state index contributed by atoms with van der Waals surface area (Å²) in [5.41, 5.74) is 10.6. The maximum Gasteiger partial charge on any atom is 0.268 e. The molecule has 6 nitrogen and oxygen atoms in total. The average molecular weight is 969 g/mol. The third-order valence-electron chi connectivity index (χ3n) is 10.8. The van der Waals surface area contributed by atoms with Crippen LogP contribution in [-0.2, 0) is 38.3 Å². The second kappa shape index (κ2) is 16.0. The molecule has 0 spiro atoms. The summed E-state index contributed by atoms with van der Waals surface area (Å²) in [5, 5.41) is 2.00. The molecule has 60 heavy (non-hydrogen) atoms. The van der Waals surface area contributed by atoms with E-state index >= 15 is 0 Å². The standard InChI is InChI=1S/C53H49N5O.Pt/c1-35(2)24-36-22-23-55-51(25-36)58-47-21-18-38(37-14-10-9-11-15-37)26-46(47)45-20-19-43(31-50(45)58)59-44-30-42(32-54-33-44)57-34-56(48-16-12-13-17-49(48)57)41-28-39(52(3,4)5)27-40(29-41)53(6,7)8;/h9-23,25-29,32-33,35H,24H2,1-8H3;/q-2;/i24D2;. The van der Waals surface area contributed by atoms with Crippen LogP contribution in [0.3, 0.4) is 0 Å². The van der Waals surface area contributed by atoms with Crippen molar-refractivity contribution in [3.05, 3.63) is 169 Å². The molecule has 0 radical (unpaired) electrons. The molecule has 0 aliphatic carbocycles. The van der Waals surface area contributed by atoms with E-state index < -0.39 is 6.37 Å². The zero-order chi connectivity index (χ0) is 42.8. The SMILES string of the molecule is [2H]C([2H])(c1ccnc(-n2c3[c-]c(Oc4[c-]c(-n5[c-][n+](-c6cc(C(C)(C)C)cc(C(C)(C)C)c6)c6ccccc65)cnc4)ccc3c3cc(-c4ccccc4)ccc32)c1)C(C)C.[Pt]. The predicted molar refractivity (Wildman–Crippen MR) is 239 cm³/mol. The fourth-order valence-corrected chi connectivity index (χ4v) is 7.68. The summed E-state index contributed by atoms with van der Waals surface area (Å²) in [5.74, 6) is 1.28. The predicted octanol–water partition coefficient (Wildman–Crippen LogP) is 12.4. The maximum atomic E-state index is 8.87. The second-order valence-electron chi connectivity index (χ2n) is 17.6. The smallest absolute Gasteiger partial charge is 0.268 e. The normalized spacial score (nSPS) is 12.8. The van der Waals surface area contributed by atoms with Crippen LogP contribution in [-0.4, -0.2) is 19.1 Å². The fourth-order valence-electron chi connectivity index (χ4n) is 7.68. The van der Waals surface area contributed by atoms with E-state index in [1.54, 1.807) is 24.7 Å². The van der Waals surface area contributed by atoms with Crippen molar-refractivity contribution in [2.45, 2.75) is 72.6 Å². The molecule has 4 aromatic heterocycles. The van der Waals surface area contributed by atoms with Gasteiger partial charge in [-0.3, -0.25) is 4.57 Å². The zero-order valence-electron chi connectivity index (χ0n) is 37.2. The molecule has 9 aromatic rings. The molecule has 0 aliphatic rings. The number of nitrogens with zero attached hydrogens (tertiary/aromatic N) is 5. The minimum Gasteiger partial charge on any atom is -0.508 e. The topological polar surface area (TPSA) is 48.8 Å². The van der Waals surface area contributed by atoms with Crippen LogP contribution in [0, 0.1) is 24.4 Å². The summed E-state index contributed by atoms with van der Waals surface area (Å²) in [4.78, 5) is 9.40. The molecular weight excluding hydrogens is 918 g/mol. The van der Waals surface area contributed by atoms with Crippen LogP contribution < -0.4 is 9.30 Å². The average Bonchev–Trinajstić information content (AvgIpc) is 3.79. The van der Waals surface area contributed by atoms with Crippen molar-refractivity contribution in [1.29, 1.82) is 0 Å². The monoisotopic (exact) mass is 968 g/mol. The third kappa shape index (κ3) is 7.94. The van der Waals surface area contributed by atoms with Gasteiger partial charge in [0.25, 0.3) is 6.33 Å². The minimum absolute atomic E-state index is 0. The third-order valence-corrected chi connectivity index (χ3v) is 10.8. The molecule has 0 bridgehead atoms. The molecule has 0 saturated carbocycles. The number of aromatic nitrogens is 5. The summed E-state index contributed by atoms with van der Waals surface area (Å²) < 4.78 is 30.4. The second-order valence-corrected chi connectivity index (χ2v) is 17.6. The quantitative estimate of drug-likeness (QED) is 0.113. The molecule has 304 valence electrons. The Balaban J connectivity index is 0.00000529. The minimum atomic E-state index is -1.55. The van der Waals surface area contributed by atoms with Crippen molar-refractivity contribution in [2.75, 3.05) is 0 Å². The molecule has 7 heteroatoms. The van der Waals surface area contributed by atoms with Crippen LogP contribution in [0.25, 0.3) is 61.2 Å². The molecule has 0 atom stereocenters. The first-order chi connectivity index (χ1) is 29.1. The Bertz CT molecular complexity index is 3070. The van der Waals surface area contributed by atoms with Crippen LogP contribution in [0.5, 0.6) is 11.5 Å². The van der Waals surface area contributed by atoms with E-state index in [4.69, 9.17) is 12.5 Å². The Hall–Kier alpha value is -5.84. The number of fused-ring (bicyclic) bond motifs is 4. The van der Waals surface area contributed by atoms with E-state index in [9.17, 15) is 0 Å². The van der Waals surface area contributed by atoms with Crippen molar-refractivity contribution in [2.24, 2.45) is 5.92 Å². The van der Waals surface area contributed by atoms with Gasteiger partial charge in [0, 0.05) is 47.0 Å². The van der Waals surface area contributed by atoms with Gasteiger partial charge in [-0.15, -0.1) is 23.6 Å². The molecule has 5 aromatic carbocycles. The van der Waals surface area contributed by atoms with Gasteiger partial charge < -0.3 is 18.9 Å². The van der Waals surface area contributed by atoms with Gasteiger partial charge in [0.2, 0.25) is 0 Å². The first-order valence-corrected chi connectivity index (χ1v) is 20.3. The van der Waals surface area contributed by atoms with E-state index in [1.165, 1.54) is 11.1 Å². The number of hydrogen-bond acceptors (Lipinski definition) is 3. The largest absolute Gasteiger partial charge is 0.508 e. The van der Waals surface area contributed by atoms with Gasteiger partial charge in [-0.25, -0.2) is 4.98 Å². The van der Waals surface area contributed by atoms with Gasteiger partial charge >= 0.3 is 0 Å². The van der Waals surface area contributed by atoms with Crippen molar-refractivity contribution >= 4 is 32.8 Å². The summed E-state index contributed by atoms with van der Waals surface area (Å²) in [7, 11) is 0. The number of para-hydroxylation sites is 2. The molecular formula is C53H49N5OPt-2. The molecule has 0 aliphatic heterocycles. The molecule has 0 saturated heterocycles. The number of benzene rings is 5. The van der Waals surface area contributed by atoms with Gasteiger partial charge in [0.1, 0.15) is 5.82 Å². The Labute approximate surface area is 370 Å². The first kappa shape index (κ1) is 38.4. The summed E-state index contributed by atoms with van der Waals surface area (Å²) >= 11 is 0. The van der Waals surface area contributed by atoms with Crippen LogP contribution in [0.4, 0.5) is 0 Å².